The zero-order valence-corrected chi connectivity index (χ0v) is 23.3. The number of methoxy groups -OCH3 is 1. The summed E-state index contributed by atoms with van der Waals surface area (Å²) < 4.78 is 69.2. The number of azo groups is 1. The van der Waals surface area contributed by atoms with E-state index in [1.54, 1.807) is 0 Å². The first-order valence-electron chi connectivity index (χ1n) is 8.23. The van der Waals surface area contributed by atoms with Gasteiger partial charge in [0.05, 0.1) is 12.0 Å². The fourth-order valence-electron chi connectivity index (χ4n) is 2.82. The number of hydrogen-bond acceptors (Lipinski definition) is 8. The van der Waals surface area contributed by atoms with Crippen LogP contribution in [0.1, 0.15) is 5.56 Å². The molecule has 3 aromatic carbocycles. The van der Waals surface area contributed by atoms with Gasteiger partial charge in [-0.1, -0.05) is 12.1 Å². The molecule has 0 atom stereocenters. The Bertz CT molecular complexity index is 1410. The standard InChI is InChI=1S/C18H16N2O8S2.2Na/c1-10-7-14(16(28-2)9-17(10)30(25,26)27)19-20-18-13-5-4-12(29(22,23)24)8-11(13)3-6-15(18)21;;/h3-9,21H,1-2H3,(H,22,23,24)(H,25,26,27);;/q;2*+1. The molecule has 14 heteroatoms. The number of aryl methyl sites for hydroxylation is 1. The fraction of sp³-hybridized carbons (Fsp3) is 0.111. The van der Waals surface area contributed by atoms with Crippen LogP contribution in [0.15, 0.2) is 62.5 Å². The van der Waals surface area contributed by atoms with Gasteiger partial charge < -0.3 is 9.84 Å². The Kier molecular flexibility index (Phi) is 9.88. The number of aromatic hydroxyl groups is 1. The van der Waals surface area contributed by atoms with Crippen molar-refractivity contribution in [1.29, 1.82) is 0 Å². The van der Waals surface area contributed by atoms with Crippen molar-refractivity contribution >= 4 is 42.4 Å². The topological polar surface area (TPSA) is 163 Å². The van der Waals surface area contributed by atoms with Crippen LogP contribution in [0.4, 0.5) is 11.4 Å². The van der Waals surface area contributed by atoms with Crippen molar-refractivity contribution < 1.29 is 94.9 Å². The minimum absolute atomic E-state index is 0. The van der Waals surface area contributed by atoms with Gasteiger partial charge in [-0.2, -0.15) is 16.8 Å². The Hall–Kier alpha value is -1.06. The predicted octanol–water partition coefficient (Wildman–Crippen LogP) is -2.22. The largest absolute Gasteiger partial charge is 1.00 e. The van der Waals surface area contributed by atoms with Gasteiger partial charge in [0.25, 0.3) is 20.2 Å². The van der Waals surface area contributed by atoms with Crippen molar-refractivity contribution in [2.45, 2.75) is 16.7 Å². The van der Waals surface area contributed by atoms with Gasteiger partial charge in [-0.05, 0) is 42.1 Å². The second-order valence-electron chi connectivity index (χ2n) is 6.26. The minimum atomic E-state index is -4.46. The summed E-state index contributed by atoms with van der Waals surface area (Å²) in [6.45, 7) is 1.45. The van der Waals surface area contributed by atoms with E-state index in [0.29, 0.717) is 10.8 Å². The van der Waals surface area contributed by atoms with E-state index < -0.39 is 20.2 Å². The molecule has 0 bridgehead atoms. The Labute approximate surface area is 228 Å². The van der Waals surface area contributed by atoms with Crippen molar-refractivity contribution in [2.24, 2.45) is 10.2 Å². The monoisotopic (exact) mass is 498 g/mol. The number of ether oxygens (including phenoxy) is 1. The van der Waals surface area contributed by atoms with Gasteiger partial charge in [-0.3, -0.25) is 9.11 Å². The Morgan fingerprint density at radius 3 is 2.09 bits per heavy atom. The molecule has 0 aliphatic carbocycles. The molecule has 32 heavy (non-hydrogen) atoms. The number of benzene rings is 3. The molecule has 0 aromatic heterocycles. The molecular formula is C18H16N2Na2O8S2+2. The molecule has 3 N–H and O–H groups in total. The summed E-state index contributed by atoms with van der Waals surface area (Å²) in [7, 11) is -7.59. The molecule has 0 aliphatic rings. The van der Waals surface area contributed by atoms with E-state index in [-0.39, 0.29) is 97.3 Å². The number of phenols is 1. The molecule has 158 valence electrons. The molecule has 0 saturated carbocycles. The number of phenolic OH excluding ortho intramolecular Hbond substituents is 1. The third kappa shape index (κ3) is 6.29. The quantitative estimate of drug-likeness (QED) is 0.202. The third-order valence-electron chi connectivity index (χ3n) is 4.25. The van der Waals surface area contributed by atoms with Gasteiger partial charge in [-0.15, -0.1) is 10.2 Å². The molecule has 0 heterocycles. The maximum Gasteiger partial charge on any atom is 1.00 e. The van der Waals surface area contributed by atoms with E-state index in [0.717, 1.165) is 12.1 Å². The zero-order chi connectivity index (χ0) is 22.3. The van der Waals surface area contributed by atoms with Crippen LogP contribution in [0.25, 0.3) is 10.8 Å². The second kappa shape index (κ2) is 10.9. The van der Waals surface area contributed by atoms with Crippen LogP contribution in [0.3, 0.4) is 0 Å². The summed E-state index contributed by atoms with van der Waals surface area (Å²) in [4.78, 5) is -0.661. The average molecular weight is 498 g/mol. The fourth-order valence-corrected chi connectivity index (χ4v) is 4.06. The van der Waals surface area contributed by atoms with Crippen LogP contribution < -0.4 is 63.9 Å². The van der Waals surface area contributed by atoms with Crippen LogP contribution in [0.2, 0.25) is 0 Å². The van der Waals surface area contributed by atoms with Crippen LogP contribution in [-0.2, 0) is 20.2 Å². The van der Waals surface area contributed by atoms with Gasteiger partial charge in [0.15, 0.2) is 0 Å². The molecule has 0 saturated heterocycles. The first-order valence-corrected chi connectivity index (χ1v) is 11.1. The minimum Gasteiger partial charge on any atom is -0.506 e. The molecule has 0 fully saturated rings. The van der Waals surface area contributed by atoms with E-state index in [4.69, 9.17) is 4.74 Å². The molecule has 0 unspecified atom stereocenters. The van der Waals surface area contributed by atoms with Crippen molar-refractivity contribution in [3.8, 4) is 11.5 Å². The van der Waals surface area contributed by atoms with Gasteiger partial charge in [-0.25, -0.2) is 0 Å². The zero-order valence-electron chi connectivity index (χ0n) is 17.6. The Balaban J connectivity index is 0.00000256. The van der Waals surface area contributed by atoms with E-state index in [9.17, 15) is 31.0 Å². The van der Waals surface area contributed by atoms with Crippen molar-refractivity contribution in [2.75, 3.05) is 7.11 Å². The first kappa shape index (κ1) is 29.0. The van der Waals surface area contributed by atoms with E-state index >= 15 is 0 Å². The third-order valence-corrected chi connectivity index (χ3v) is 6.10. The molecule has 0 radical (unpaired) electrons. The van der Waals surface area contributed by atoms with Crippen LogP contribution in [0.5, 0.6) is 11.5 Å². The van der Waals surface area contributed by atoms with Gasteiger partial charge in [0.2, 0.25) is 0 Å². The Morgan fingerprint density at radius 1 is 0.875 bits per heavy atom. The summed E-state index contributed by atoms with van der Waals surface area (Å²) in [6.07, 6.45) is 0. The number of rotatable bonds is 5. The smallest absolute Gasteiger partial charge is 0.506 e. The number of nitrogens with zero attached hydrogens (tertiary/aromatic N) is 2. The first-order chi connectivity index (χ1) is 13.9. The molecule has 3 aromatic rings. The van der Waals surface area contributed by atoms with E-state index in [1.165, 1.54) is 44.4 Å². The van der Waals surface area contributed by atoms with Gasteiger partial charge >= 0.3 is 59.1 Å². The van der Waals surface area contributed by atoms with Crippen molar-refractivity contribution in [3.63, 3.8) is 0 Å². The molecule has 3 rings (SSSR count). The number of hydrogen-bond donors (Lipinski definition) is 3. The normalized spacial score (nSPS) is 11.8. The van der Waals surface area contributed by atoms with Crippen LogP contribution >= 0.6 is 0 Å². The average Bonchev–Trinajstić information content (AvgIpc) is 2.65. The summed E-state index contributed by atoms with van der Waals surface area (Å²) in [5, 5.41) is 18.9. The summed E-state index contributed by atoms with van der Waals surface area (Å²) in [6, 6.07) is 8.90. The molecule has 0 aliphatic heterocycles. The van der Waals surface area contributed by atoms with Gasteiger partial charge in [0, 0.05) is 11.5 Å². The SMILES string of the molecule is COc1cc(S(=O)(=O)O)c(C)cc1N=Nc1c(O)ccc2cc(S(=O)(=O)O)ccc12.[Na+].[Na+]. The number of fused-ring (bicyclic) bond motifs is 1. The summed E-state index contributed by atoms with van der Waals surface area (Å²) >= 11 is 0. The summed E-state index contributed by atoms with van der Waals surface area (Å²) in [5.74, 6) is -0.221. The molecule has 0 amide bonds. The van der Waals surface area contributed by atoms with Crippen LogP contribution in [-0.4, -0.2) is 38.2 Å². The Morgan fingerprint density at radius 2 is 1.53 bits per heavy atom. The molecule has 10 nitrogen and oxygen atoms in total. The second-order valence-corrected chi connectivity index (χ2v) is 9.07. The van der Waals surface area contributed by atoms with Gasteiger partial charge in [0.1, 0.15) is 27.8 Å². The van der Waals surface area contributed by atoms with Crippen molar-refractivity contribution in [1.82, 2.24) is 0 Å². The maximum absolute atomic E-state index is 11.5. The van der Waals surface area contributed by atoms with E-state index in [1.807, 2.05) is 0 Å². The molecular weight excluding hydrogens is 482 g/mol. The summed E-state index contributed by atoms with van der Waals surface area (Å²) in [5.41, 5.74) is 0.355. The maximum atomic E-state index is 11.5. The van der Waals surface area contributed by atoms with Crippen molar-refractivity contribution in [3.05, 3.63) is 48.0 Å². The van der Waals surface area contributed by atoms with Crippen LogP contribution in [0, 0.1) is 6.92 Å². The van der Waals surface area contributed by atoms with E-state index in [2.05, 4.69) is 10.2 Å². The molecule has 0 spiro atoms. The predicted molar refractivity (Wildman–Crippen MR) is 107 cm³/mol.